The van der Waals surface area contributed by atoms with Gasteiger partial charge >= 0.3 is 6.18 Å². The lowest BCUT2D eigenvalue weighted by atomic mass is 10.2. The third-order valence-corrected chi connectivity index (χ3v) is 3.70. The Balaban J connectivity index is 1.78. The summed E-state index contributed by atoms with van der Waals surface area (Å²) in [5, 5.41) is 3.29. The van der Waals surface area contributed by atoms with E-state index in [-0.39, 0.29) is 21.8 Å². The highest BCUT2D eigenvalue weighted by atomic mass is 35.5. The third kappa shape index (κ3) is 4.56. The summed E-state index contributed by atoms with van der Waals surface area (Å²) in [6, 6.07) is 10.9. The lowest BCUT2D eigenvalue weighted by Crippen LogP contribution is -2.04. The summed E-state index contributed by atoms with van der Waals surface area (Å²) in [6.45, 7) is 0. The van der Waals surface area contributed by atoms with Crippen LogP contribution in [0.3, 0.4) is 0 Å². The summed E-state index contributed by atoms with van der Waals surface area (Å²) in [5.41, 5.74) is -0.203. The molecule has 0 amide bonds. The van der Waals surface area contributed by atoms with Crippen molar-refractivity contribution in [1.82, 2.24) is 9.97 Å². The molecule has 9 heteroatoms. The van der Waals surface area contributed by atoms with Gasteiger partial charge in [0, 0.05) is 11.9 Å². The number of aromatic nitrogens is 2. The van der Waals surface area contributed by atoms with Crippen molar-refractivity contribution in [3.63, 3.8) is 0 Å². The van der Waals surface area contributed by atoms with Crippen LogP contribution in [0, 0.1) is 0 Å². The second-order valence-electron chi connectivity index (χ2n) is 5.11. The van der Waals surface area contributed by atoms with E-state index >= 15 is 0 Å². The third-order valence-electron chi connectivity index (χ3n) is 3.22. The molecule has 1 heterocycles. The standard InChI is InChI=1S/C17H10Cl2F3N3O/c18-13-9-11(24-15-6-7-23-16(19)25-15)4-5-14(13)26-12-3-1-2-10(8-12)17(20,21)22/h1-9H,(H,23,24,25). The second-order valence-corrected chi connectivity index (χ2v) is 5.85. The van der Waals surface area contributed by atoms with Gasteiger partial charge in [0.15, 0.2) is 0 Å². The molecule has 0 unspecified atom stereocenters. The Kier molecular flexibility index (Phi) is 5.20. The van der Waals surface area contributed by atoms with E-state index in [0.29, 0.717) is 11.5 Å². The van der Waals surface area contributed by atoms with Gasteiger partial charge in [0.05, 0.1) is 10.6 Å². The number of anilines is 2. The molecular formula is C17H10Cl2F3N3O. The number of hydrogen-bond acceptors (Lipinski definition) is 4. The Morgan fingerprint density at radius 2 is 1.81 bits per heavy atom. The molecule has 1 aromatic heterocycles. The van der Waals surface area contributed by atoms with Gasteiger partial charge in [-0.25, -0.2) is 9.97 Å². The van der Waals surface area contributed by atoms with Gasteiger partial charge in [-0.3, -0.25) is 0 Å². The molecule has 2 aromatic carbocycles. The Morgan fingerprint density at radius 1 is 1.00 bits per heavy atom. The molecule has 0 aliphatic carbocycles. The van der Waals surface area contributed by atoms with Crippen LogP contribution >= 0.6 is 23.2 Å². The first-order valence-corrected chi connectivity index (χ1v) is 7.97. The highest BCUT2D eigenvalue weighted by molar-refractivity contribution is 6.32. The van der Waals surface area contributed by atoms with Crippen molar-refractivity contribution >= 4 is 34.7 Å². The first-order valence-electron chi connectivity index (χ1n) is 7.21. The lowest BCUT2D eigenvalue weighted by Gasteiger charge is -2.12. The molecule has 1 N–H and O–H groups in total. The normalized spacial score (nSPS) is 11.3. The summed E-state index contributed by atoms with van der Waals surface area (Å²) in [7, 11) is 0. The zero-order valence-electron chi connectivity index (χ0n) is 12.9. The van der Waals surface area contributed by atoms with E-state index in [4.69, 9.17) is 27.9 Å². The van der Waals surface area contributed by atoms with Crippen molar-refractivity contribution in [3.8, 4) is 11.5 Å². The quantitative estimate of drug-likeness (QED) is 0.520. The molecule has 0 fully saturated rings. The molecule has 26 heavy (non-hydrogen) atoms. The maximum absolute atomic E-state index is 12.8. The molecule has 0 bridgehead atoms. The second kappa shape index (κ2) is 7.39. The predicted octanol–water partition coefficient (Wildman–Crippen LogP) is 6.34. The molecule has 3 rings (SSSR count). The van der Waals surface area contributed by atoms with Crippen molar-refractivity contribution in [2.45, 2.75) is 6.18 Å². The first kappa shape index (κ1) is 18.3. The summed E-state index contributed by atoms with van der Waals surface area (Å²) < 4.78 is 43.8. The van der Waals surface area contributed by atoms with Crippen LogP contribution in [0.4, 0.5) is 24.7 Å². The SMILES string of the molecule is FC(F)(F)c1cccc(Oc2ccc(Nc3ccnc(Cl)n3)cc2Cl)c1. The van der Waals surface area contributed by atoms with Gasteiger partial charge in [-0.1, -0.05) is 17.7 Å². The molecule has 134 valence electrons. The number of halogens is 5. The minimum atomic E-state index is -4.45. The molecule has 3 aromatic rings. The number of hydrogen-bond donors (Lipinski definition) is 1. The lowest BCUT2D eigenvalue weighted by molar-refractivity contribution is -0.137. The van der Waals surface area contributed by atoms with Gasteiger partial charge in [0.2, 0.25) is 5.28 Å². The topological polar surface area (TPSA) is 47.0 Å². The van der Waals surface area contributed by atoms with Crippen molar-refractivity contribution in [2.75, 3.05) is 5.32 Å². The highest BCUT2D eigenvalue weighted by Gasteiger charge is 2.30. The van der Waals surface area contributed by atoms with Gasteiger partial charge in [-0.2, -0.15) is 13.2 Å². The number of alkyl halides is 3. The van der Waals surface area contributed by atoms with Gasteiger partial charge in [0.1, 0.15) is 17.3 Å². The van der Waals surface area contributed by atoms with Crippen molar-refractivity contribution in [2.24, 2.45) is 0 Å². The smallest absolute Gasteiger partial charge is 0.416 e. The summed E-state index contributed by atoms with van der Waals surface area (Å²) in [4.78, 5) is 7.76. The molecule has 0 saturated carbocycles. The maximum atomic E-state index is 12.8. The van der Waals surface area contributed by atoms with Crippen molar-refractivity contribution in [1.29, 1.82) is 0 Å². The van der Waals surface area contributed by atoms with Crippen LogP contribution in [0.5, 0.6) is 11.5 Å². The highest BCUT2D eigenvalue weighted by Crippen LogP contribution is 2.35. The number of nitrogens with zero attached hydrogens (tertiary/aromatic N) is 2. The van der Waals surface area contributed by atoms with Crippen LogP contribution in [-0.4, -0.2) is 9.97 Å². The van der Waals surface area contributed by atoms with Gasteiger partial charge < -0.3 is 10.1 Å². The van der Waals surface area contributed by atoms with E-state index in [0.717, 1.165) is 12.1 Å². The van der Waals surface area contributed by atoms with Crippen LogP contribution in [0.25, 0.3) is 0 Å². The minimum Gasteiger partial charge on any atom is -0.456 e. The average Bonchev–Trinajstić information content (AvgIpc) is 2.57. The van der Waals surface area contributed by atoms with E-state index in [9.17, 15) is 13.2 Å². The Morgan fingerprint density at radius 3 is 2.50 bits per heavy atom. The maximum Gasteiger partial charge on any atom is 0.416 e. The molecule has 4 nitrogen and oxygen atoms in total. The average molecular weight is 400 g/mol. The van der Waals surface area contributed by atoms with Crippen LogP contribution in [0.2, 0.25) is 10.3 Å². The van der Waals surface area contributed by atoms with Gasteiger partial charge in [-0.05, 0) is 54.1 Å². The minimum absolute atomic E-state index is 0.0324. The van der Waals surface area contributed by atoms with Crippen LogP contribution in [-0.2, 0) is 6.18 Å². The number of rotatable bonds is 4. The number of nitrogens with one attached hydrogen (secondary N) is 1. The number of ether oxygens (including phenoxy) is 1. The molecule has 0 aliphatic heterocycles. The van der Waals surface area contributed by atoms with E-state index in [1.807, 2.05) is 0 Å². The van der Waals surface area contributed by atoms with E-state index in [2.05, 4.69) is 15.3 Å². The van der Waals surface area contributed by atoms with Crippen molar-refractivity contribution < 1.29 is 17.9 Å². The fraction of sp³-hybridized carbons (Fsp3) is 0.0588. The summed E-state index contributed by atoms with van der Waals surface area (Å²) >= 11 is 11.9. The summed E-state index contributed by atoms with van der Waals surface area (Å²) in [6.07, 6.45) is -2.96. The van der Waals surface area contributed by atoms with E-state index in [1.54, 1.807) is 18.2 Å². The summed E-state index contributed by atoms with van der Waals surface area (Å²) in [5.74, 6) is 0.717. The van der Waals surface area contributed by atoms with E-state index < -0.39 is 11.7 Å². The van der Waals surface area contributed by atoms with E-state index in [1.165, 1.54) is 24.4 Å². The van der Waals surface area contributed by atoms with Crippen LogP contribution in [0.1, 0.15) is 5.56 Å². The fourth-order valence-corrected chi connectivity index (χ4v) is 2.44. The molecular weight excluding hydrogens is 390 g/mol. The van der Waals surface area contributed by atoms with Gasteiger partial charge in [0.25, 0.3) is 0 Å². The molecule has 0 saturated heterocycles. The first-order chi connectivity index (χ1) is 12.3. The Labute approximate surface area is 156 Å². The fourth-order valence-electron chi connectivity index (χ4n) is 2.08. The zero-order chi connectivity index (χ0) is 18.7. The largest absolute Gasteiger partial charge is 0.456 e. The molecule has 0 radical (unpaired) electrons. The molecule has 0 atom stereocenters. The van der Waals surface area contributed by atoms with Crippen LogP contribution in [0.15, 0.2) is 54.7 Å². The Bertz CT molecular complexity index is 935. The Hall–Kier alpha value is -2.51. The molecule has 0 spiro atoms. The monoisotopic (exact) mass is 399 g/mol. The van der Waals surface area contributed by atoms with Crippen LogP contribution < -0.4 is 10.1 Å². The number of benzene rings is 2. The predicted molar refractivity (Wildman–Crippen MR) is 93.3 cm³/mol. The van der Waals surface area contributed by atoms with Gasteiger partial charge in [-0.15, -0.1) is 0 Å². The van der Waals surface area contributed by atoms with Crippen molar-refractivity contribution in [3.05, 3.63) is 70.6 Å². The molecule has 0 aliphatic rings. The zero-order valence-corrected chi connectivity index (χ0v) is 14.4.